The van der Waals surface area contributed by atoms with Crippen molar-refractivity contribution in [3.63, 3.8) is 0 Å². The summed E-state index contributed by atoms with van der Waals surface area (Å²) in [4.78, 5) is 13.7. The first-order valence-electron chi connectivity index (χ1n) is 5.40. The van der Waals surface area contributed by atoms with Gasteiger partial charge in [0, 0.05) is 12.6 Å². The molecular weight excluding hydrogens is 178 g/mol. The molecule has 0 bridgehead atoms. The quantitative estimate of drug-likeness (QED) is 0.627. The van der Waals surface area contributed by atoms with Crippen molar-refractivity contribution in [2.24, 2.45) is 5.41 Å². The third-order valence-electron chi connectivity index (χ3n) is 3.90. The van der Waals surface area contributed by atoms with E-state index in [-0.39, 0.29) is 12.0 Å². The third-order valence-corrected chi connectivity index (χ3v) is 3.90. The van der Waals surface area contributed by atoms with E-state index in [9.17, 15) is 4.79 Å². The lowest BCUT2D eigenvalue weighted by Crippen LogP contribution is -2.64. The van der Waals surface area contributed by atoms with Crippen LogP contribution in [-0.4, -0.2) is 36.6 Å². The van der Waals surface area contributed by atoms with Gasteiger partial charge in [0.1, 0.15) is 6.04 Å². The van der Waals surface area contributed by atoms with E-state index in [1.54, 1.807) is 0 Å². The molecule has 2 atom stereocenters. The van der Waals surface area contributed by atoms with E-state index in [1.165, 1.54) is 20.0 Å². The highest BCUT2D eigenvalue weighted by atomic mass is 16.5. The van der Waals surface area contributed by atoms with Crippen LogP contribution in [0.1, 0.15) is 33.1 Å². The van der Waals surface area contributed by atoms with Crippen molar-refractivity contribution in [2.45, 2.75) is 45.2 Å². The molecule has 80 valence electrons. The number of rotatable bonds is 2. The normalized spacial score (nSPS) is 35.6. The van der Waals surface area contributed by atoms with Crippen molar-refractivity contribution in [1.82, 2.24) is 4.90 Å². The zero-order valence-corrected chi connectivity index (χ0v) is 9.25. The lowest BCUT2D eigenvalue weighted by atomic mass is 9.65. The Kier molecular flexibility index (Phi) is 2.30. The van der Waals surface area contributed by atoms with Gasteiger partial charge in [0.25, 0.3) is 0 Å². The zero-order valence-electron chi connectivity index (χ0n) is 9.25. The topological polar surface area (TPSA) is 29.5 Å². The maximum absolute atomic E-state index is 11.4. The molecule has 0 aromatic carbocycles. The van der Waals surface area contributed by atoms with Crippen LogP contribution in [0.25, 0.3) is 0 Å². The van der Waals surface area contributed by atoms with Crippen molar-refractivity contribution in [1.29, 1.82) is 0 Å². The highest BCUT2D eigenvalue weighted by Gasteiger charge is 2.49. The van der Waals surface area contributed by atoms with Gasteiger partial charge in [-0.3, -0.25) is 9.69 Å². The van der Waals surface area contributed by atoms with Crippen molar-refractivity contribution >= 4 is 5.97 Å². The Hall–Kier alpha value is -0.570. The minimum Gasteiger partial charge on any atom is -0.468 e. The second-order valence-corrected chi connectivity index (χ2v) is 5.11. The second-order valence-electron chi connectivity index (χ2n) is 5.11. The van der Waals surface area contributed by atoms with Crippen molar-refractivity contribution in [3.05, 3.63) is 0 Å². The molecule has 1 saturated heterocycles. The molecule has 2 aliphatic rings. The summed E-state index contributed by atoms with van der Waals surface area (Å²) in [5.74, 6) is -0.0565. The van der Waals surface area contributed by atoms with Crippen LogP contribution in [0.5, 0.6) is 0 Å². The molecule has 1 saturated carbocycles. The Balaban J connectivity index is 1.97. The number of hydrogen-bond acceptors (Lipinski definition) is 3. The molecular formula is C11H19NO2. The zero-order chi connectivity index (χ0) is 10.3. The van der Waals surface area contributed by atoms with Crippen LogP contribution in [0, 0.1) is 5.41 Å². The van der Waals surface area contributed by atoms with Crippen molar-refractivity contribution in [3.8, 4) is 0 Å². The van der Waals surface area contributed by atoms with Gasteiger partial charge < -0.3 is 4.74 Å². The van der Waals surface area contributed by atoms with Crippen LogP contribution in [0.3, 0.4) is 0 Å². The Morgan fingerprint density at radius 2 is 2.14 bits per heavy atom. The Labute approximate surface area is 85.4 Å². The summed E-state index contributed by atoms with van der Waals surface area (Å²) in [6.45, 7) is 5.63. The first-order chi connectivity index (χ1) is 6.56. The number of methoxy groups -OCH3 is 1. The molecule has 0 radical (unpaired) electrons. The van der Waals surface area contributed by atoms with Gasteiger partial charge in [-0.05, 0) is 24.7 Å². The third kappa shape index (κ3) is 1.34. The number of nitrogens with zero attached hydrogens (tertiary/aromatic N) is 1. The Morgan fingerprint density at radius 1 is 1.43 bits per heavy atom. The van der Waals surface area contributed by atoms with Crippen LogP contribution in [0.2, 0.25) is 0 Å². The SMILES string of the molecule is COC(=O)C1CCN1C1CCC1(C)C. The molecule has 14 heavy (non-hydrogen) atoms. The number of ether oxygens (including phenoxy) is 1. The minimum atomic E-state index is -0.0565. The number of carbonyl (C=O) groups excluding carboxylic acids is 1. The van der Waals surface area contributed by atoms with Crippen LogP contribution in [0.4, 0.5) is 0 Å². The molecule has 0 amide bonds. The number of esters is 1. The molecule has 0 spiro atoms. The molecule has 0 aromatic rings. The van der Waals surface area contributed by atoms with E-state index < -0.39 is 0 Å². The van der Waals surface area contributed by atoms with Crippen LogP contribution < -0.4 is 0 Å². The molecule has 2 fully saturated rings. The van der Waals surface area contributed by atoms with Gasteiger partial charge in [-0.25, -0.2) is 0 Å². The summed E-state index contributed by atoms with van der Waals surface area (Å²) in [6, 6.07) is 0.643. The largest absolute Gasteiger partial charge is 0.468 e. The molecule has 1 aliphatic carbocycles. The van der Waals surface area contributed by atoms with E-state index in [0.29, 0.717) is 11.5 Å². The highest BCUT2D eigenvalue weighted by Crippen LogP contribution is 2.46. The second kappa shape index (κ2) is 3.23. The lowest BCUT2D eigenvalue weighted by Gasteiger charge is -2.56. The monoisotopic (exact) mass is 197 g/mol. The average molecular weight is 197 g/mol. The van der Waals surface area contributed by atoms with E-state index >= 15 is 0 Å². The van der Waals surface area contributed by atoms with Crippen LogP contribution in [-0.2, 0) is 9.53 Å². The predicted molar refractivity (Wildman–Crippen MR) is 53.9 cm³/mol. The smallest absolute Gasteiger partial charge is 0.323 e. The van der Waals surface area contributed by atoms with Crippen LogP contribution >= 0.6 is 0 Å². The molecule has 1 aliphatic heterocycles. The summed E-state index contributed by atoms with van der Waals surface area (Å²) in [7, 11) is 1.48. The molecule has 3 nitrogen and oxygen atoms in total. The summed E-state index contributed by atoms with van der Waals surface area (Å²) in [5, 5.41) is 0. The van der Waals surface area contributed by atoms with Crippen molar-refractivity contribution in [2.75, 3.05) is 13.7 Å². The van der Waals surface area contributed by atoms with Gasteiger partial charge in [-0.1, -0.05) is 13.8 Å². The molecule has 2 rings (SSSR count). The predicted octanol–water partition coefficient (Wildman–Crippen LogP) is 1.42. The number of carbonyl (C=O) groups is 1. The fourth-order valence-corrected chi connectivity index (χ4v) is 2.64. The van der Waals surface area contributed by atoms with Gasteiger partial charge in [0.05, 0.1) is 7.11 Å². The Bertz CT molecular complexity index is 250. The molecule has 1 heterocycles. The molecule has 3 heteroatoms. The van der Waals surface area contributed by atoms with E-state index in [4.69, 9.17) is 4.74 Å². The first kappa shape index (κ1) is 9.97. The Morgan fingerprint density at radius 3 is 2.43 bits per heavy atom. The van der Waals surface area contributed by atoms with Gasteiger partial charge in [-0.2, -0.15) is 0 Å². The molecule has 0 N–H and O–H groups in total. The number of likely N-dealkylation sites (tertiary alicyclic amines) is 1. The fraction of sp³-hybridized carbons (Fsp3) is 0.909. The summed E-state index contributed by atoms with van der Waals surface area (Å²) in [5.41, 5.74) is 0.396. The standard InChI is InChI=1S/C11H19NO2/c1-11(2)6-4-9(11)12-7-5-8(12)10(13)14-3/h8-9H,4-7H2,1-3H3. The molecule has 2 unspecified atom stereocenters. The highest BCUT2D eigenvalue weighted by molar-refractivity contribution is 5.76. The van der Waals surface area contributed by atoms with Crippen molar-refractivity contribution < 1.29 is 9.53 Å². The number of hydrogen-bond donors (Lipinski definition) is 0. The van der Waals surface area contributed by atoms with E-state index in [1.807, 2.05) is 0 Å². The summed E-state index contributed by atoms with van der Waals surface area (Å²) >= 11 is 0. The lowest BCUT2D eigenvalue weighted by molar-refractivity contribution is -0.160. The van der Waals surface area contributed by atoms with Crippen LogP contribution in [0.15, 0.2) is 0 Å². The maximum Gasteiger partial charge on any atom is 0.323 e. The first-order valence-corrected chi connectivity index (χ1v) is 5.40. The fourth-order valence-electron chi connectivity index (χ4n) is 2.64. The maximum atomic E-state index is 11.4. The van der Waals surface area contributed by atoms with Gasteiger partial charge in [-0.15, -0.1) is 0 Å². The van der Waals surface area contributed by atoms with E-state index in [2.05, 4.69) is 18.7 Å². The van der Waals surface area contributed by atoms with E-state index in [0.717, 1.165) is 13.0 Å². The van der Waals surface area contributed by atoms with Gasteiger partial charge in [0.15, 0.2) is 0 Å². The van der Waals surface area contributed by atoms with Gasteiger partial charge >= 0.3 is 5.97 Å². The minimum absolute atomic E-state index is 0.0459. The molecule has 0 aromatic heterocycles. The average Bonchev–Trinajstić information content (AvgIpc) is 2.10. The van der Waals surface area contributed by atoms with Gasteiger partial charge in [0.2, 0.25) is 0 Å². The summed E-state index contributed by atoms with van der Waals surface area (Å²) in [6.07, 6.45) is 3.49. The summed E-state index contributed by atoms with van der Waals surface area (Å²) < 4.78 is 4.79.